The maximum absolute atomic E-state index is 14.4. The van der Waals surface area contributed by atoms with Crippen LogP contribution in [0.4, 0.5) is 5.13 Å². The van der Waals surface area contributed by atoms with Gasteiger partial charge in [0.2, 0.25) is 5.16 Å². The number of benzene rings is 3. The Kier molecular flexibility index (Phi) is 10.7. The molecule has 17 heteroatoms. The second kappa shape index (κ2) is 15.9. The first kappa shape index (κ1) is 35.7. The van der Waals surface area contributed by atoms with Crippen LogP contribution < -0.4 is 15.8 Å². The number of ether oxygens (including phenoxy) is 2. The molecule has 7 rings (SSSR count). The van der Waals surface area contributed by atoms with Crippen molar-refractivity contribution < 1.29 is 28.7 Å². The lowest BCUT2D eigenvalue weighted by molar-refractivity contribution is -0.154. The largest absolute Gasteiger partial charge is 0.497 e. The van der Waals surface area contributed by atoms with Gasteiger partial charge in [-0.3, -0.25) is 19.6 Å². The topological polar surface area (TPSA) is 187 Å². The van der Waals surface area contributed by atoms with Crippen LogP contribution in [-0.4, -0.2) is 85.7 Å². The number of nitrogen functional groups attached to an aromatic ring is 1. The number of hydrogen-bond acceptors (Lipinski definition) is 14. The number of oxime groups is 1. The van der Waals surface area contributed by atoms with Gasteiger partial charge in [0.05, 0.1) is 7.11 Å². The molecule has 5 aromatic rings. The van der Waals surface area contributed by atoms with E-state index in [-0.39, 0.29) is 22.2 Å². The van der Waals surface area contributed by atoms with Gasteiger partial charge in [0.15, 0.2) is 22.8 Å². The number of nitrogens with one attached hydrogen (secondary N) is 2. The average Bonchev–Trinajstić information content (AvgIpc) is 3.86. The Morgan fingerprint density at radius 1 is 1.04 bits per heavy atom. The first-order chi connectivity index (χ1) is 25.8. The highest BCUT2D eigenvalue weighted by molar-refractivity contribution is 8.01. The van der Waals surface area contributed by atoms with Gasteiger partial charge in [0.25, 0.3) is 11.8 Å². The lowest BCUT2D eigenvalue weighted by Gasteiger charge is -2.49. The first-order valence-corrected chi connectivity index (χ1v) is 19.1. The second-order valence-electron chi connectivity index (χ2n) is 11.6. The summed E-state index contributed by atoms with van der Waals surface area (Å²) in [5.41, 5.74) is 9.01. The Morgan fingerprint density at radius 3 is 2.36 bits per heavy atom. The number of nitrogens with zero attached hydrogens (tertiary/aromatic N) is 5. The van der Waals surface area contributed by atoms with E-state index in [1.54, 1.807) is 12.5 Å². The zero-order chi connectivity index (χ0) is 36.9. The lowest BCUT2D eigenvalue weighted by atomic mass is 10.0. The highest BCUT2D eigenvalue weighted by Gasteiger charge is 2.55. The molecular formula is C36H32N8O6S3. The number of rotatable bonds is 13. The van der Waals surface area contributed by atoms with Gasteiger partial charge in [0.1, 0.15) is 35.7 Å². The Labute approximate surface area is 316 Å². The van der Waals surface area contributed by atoms with E-state index in [9.17, 15) is 14.4 Å². The smallest absolute Gasteiger partial charge is 0.356 e. The van der Waals surface area contributed by atoms with Crippen LogP contribution in [0.25, 0.3) is 11.4 Å². The summed E-state index contributed by atoms with van der Waals surface area (Å²) in [5, 5.41) is 15.6. The van der Waals surface area contributed by atoms with E-state index in [0.717, 1.165) is 33.8 Å². The minimum absolute atomic E-state index is 0.123. The molecule has 0 bridgehead atoms. The first-order valence-electron chi connectivity index (χ1n) is 16.1. The molecule has 1 fully saturated rings. The molecule has 270 valence electrons. The number of thiazole rings is 1. The standard InChI is InChI=1S/C36H32N8O6S3/c1-48-24-15-13-22(14-16-24)30-40-36(42-41-30)53-18-23-17-51-33-27(39-31(45)26(43-49-2)25-19-52-35(37)38-25)32(46)44(33)28(23)34(47)50-29(20-9-5-3-6-10-20)21-11-7-4-8-12-21/h3-16,19,27,29,33H,17-18H2,1-2H3,(H2,37,38)(H,39,45)(H,40,41,42)/b43-26+/t27-,33?/m1/s1. The molecule has 3 aromatic carbocycles. The van der Waals surface area contributed by atoms with Gasteiger partial charge in [-0.15, -0.1) is 28.2 Å². The number of aromatic nitrogens is 4. The molecule has 2 aliphatic heterocycles. The van der Waals surface area contributed by atoms with Crippen molar-refractivity contribution in [2.24, 2.45) is 5.16 Å². The number of esters is 1. The molecule has 0 radical (unpaired) electrons. The minimum atomic E-state index is -0.957. The van der Waals surface area contributed by atoms with Crippen LogP contribution in [0.1, 0.15) is 22.9 Å². The summed E-state index contributed by atoms with van der Waals surface area (Å²) in [4.78, 5) is 56.8. The third-order valence-corrected chi connectivity index (χ3v) is 11.3. The summed E-state index contributed by atoms with van der Waals surface area (Å²) in [5.74, 6) is 0.142. The van der Waals surface area contributed by atoms with Gasteiger partial charge in [-0.05, 0) is 41.0 Å². The molecule has 1 unspecified atom stereocenters. The lowest BCUT2D eigenvalue weighted by Crippen LogP contribution is -2.71. The summed E-state index contributed by atoms with van der Waals surface area (Å²) in [6, 6.07) is 25.3. The Hall–Kier alpha value is -5.65. The Bertz CT molecular complexity index is 2140. The summed E-state index contributed by atoms with van der Waals surface area (Å²) < 4.78 is 11.5. The highest BCUT2D eigenvalue weighted by Crippen LogP contribution is 2.43. The number of carbonyl (C=O) groups is 3. The molecule has 2 atom stereocenters. The van der Waals surface area contributed by atoms with Gasteiger partial charge >= 0.3 is 5.97 Å². The number of aromatic amines is 1. The zero-order valence-corrected chi connectivity index (χ0v) is 30.7. The van der Waals surface area contributed by atoms with Crippen LogP contribution in [0, 0.1) is 0 Å². The van der Waals surface area contributed by atoms with Crippen LogP contribution in [0.2, 0.25) is 0 Å². The van der Waals surface area contributed by atoms with Crippen molar-refractivity contribution >= 4 is 63.5 Å². The van der Waals surface area contributed by atoms with E-state index < -0.39 is 35.3 Å². The van der Waals surface area contributed by atoms with E-state index in [2.05, 4.69) is 30.6 Å². The van der Waals surface area contributed by atoms with Crippen LogP contribution in [0.5, 0.6) is 5.75 Å². The fourth-order valence-electron chi connectivity index (χ4n) is 5.77. The SMILES string of the molecule is CO/N=C(/C(=O)N[C@@H]1C(=O)N2C(C(=O)OC(c3ccccc3)c3ccccc3)=C(CSc3n[nH]c(-c4ccc(OC)cc4)n3)CSC12)c1csc(N)n1. The number of hydrogen-bond donors (Lipinski definition) is 3. The van der Waals surface area contributed by atoms with Gasteiger partial charge in [-0.25, -0.2) is 14.8 Å². The molecule has 4 heterocycles. The van der Waals surface area contributed by atoms with E-state index >= 15 is 0 Å². The Morgan fingerprint density at radius 2 is 1.74 bits per heavy atom. The molecule has 2 amide bonds. The molecule has 2 aliphatic rings. The van der Waals surface area contributed by atoms with E-state index in [4.69, 9.17) is 20.0 Å². The Balaban J connectivity index is 1.16. The van der Waals surface area contributed by atoms with Crippen molar-refractivity contribution in [3.63, 3.8) is 0 Å². The van der Waals surface area contributed by atoms with Crippen molar-refractivity contribution in [1.29, 1.82) is 0 Å². The molecule has 4 N–H and O–H groups in total. The number of methoxy groups -OCH3 is 1. The molecule has 0 aliphatic carbocycles. The third-order valence-electron chi connectivity index (χ3n) is 8.32. The summed E-state index contributed by atoms with van der Waals surface area (Å²) in [6.45, 7) is 0. The van der Waals surface area contributed by atoms with Crippen molar-refractivity contribution in [3.05, 3.63) is 118 Å². The highest BCUT2D eigenvalue weighted by atomic mass is 32.2. The molecule has 2 aromatic heterocycles. The van der Waals surface area contributed by atoms with Crippen molar-refractivity contribution in [3.8, 4) is 17.1 Å². The fourth-order valence-corrected chi connectivity index (χ4v) is 8.60. The van der Waals surface area contributed by atoms with Crippen LogP contribution in [0.3, 0.4) is 0 Å². The second-order valence-corrected chi connectivity index (χ2v) is 14.5. The number of nitrogens with two attached hydrogens (primary N) is 1. The normalized spacial score (nSPS) is 16.9. The minimum Gasteiger partial charge on any atom is -0.497 e. The number of amides is 2. The van der Waals surface area contributed by atoms with Crippen LogP contribution >= 0.6 is 34.9 Å². The van der Waals surface area contributed by atoms with Crippen molar-refractivity contribution in [2.45, 2.75) is 22.7 Å². The number of β-lactam (4-membered cyclic amide) rings is 1. The number of anilines is 1. The molecule has 0 spiro atoms. The quantitative estimate of drug-likeness (QED) is 0.0496. The predicted molar refractivity (Wildman–Crippen MR) is 202 cm³/mol. The van der Waals surface area contributed by atoms with Crippen molar-refractivity contribution in [1.82, 2.24) is 30.4 Å². The maximum Gasteiger partial charge on any atom is 0.356 e. The van der Waals surface area contributed by atoms with E-state index in [0.29, 0.717) is 28.1 Å². The predicted octanol–water partition coefficient (Wildman–Crippen LogP) is 4.65. The van der Waals surface area contributed by atoms with Gasteiger partial charge in [-0.2, -0.15) is 0 Å². The van der Waals surface area contributed by atoms with Gasteiger partial charge < -0.3 is 25.4 Å². The fraction of sp³-hybridized carbons (Fsp3) is 0.194. The zero-order valence-electron chi connectivity index (χ0n) is 28.3. The van der Waals surface area contributed by atoms with Gasteiger partial charge in [-0.1, -0.05) is 77.6 Å². The van der Waals surface area contributed by atoms with E-state index in [1.165, 1.54) is 35.5 Å². The average molecular weight is 769 g/mol. The number of carbonyl (C=O) groups excluding carboxylic acids is 3. The van der Waals surface area contributed by atoms with Crippen molar-refractivity contribution in [2.75, 3.05) is 31.5 Å². The molecule has 1 saturated heterocycles. The maximum atomic E-state index is 14.4. The number of thioether (sulfide) groups is 2. The molecule has 14 nitrogen and oxygen atoms in total. The van der Waals surface area contributed by atoms with E-state index in [1.807, 2.05) is 84.9 Å². The molecular weight excluding hydrogens is 737 g/mol. The van der Waals surface area contributed by atoms with Crippen LogP contribution in [0.15, 0.2) is 112 Å². The summed E-state index contributed by atoms with van der Waals surface area (Å²) >= 11 is 3.88. The molecule has 0 saturated carbocycles. The summed E-state index contributed by atoms with van der Waals surface area (Å²) in [7, 11) is 2.90. The van der Waals surface area contributed by atoms with Crippen LogP contribution in [-0.2, 0) is 24.0 Å². The number of fused-ring (bicyclic) bond motifs is 1. The summed E-state index contributed by atoms with van der Waals surface area (Å²) in [6.07, 6.45) is -0.746. The molecule has 53 heavy (non-hydrogen) atoms. The van der Waals surface area contributed by atoms with Gasteiger partial charge in [0, 0.05) is 22.4 Å². The number of H-pyrrole nitrogens is 1. The third kappa shape index (κ3) is 7.62. The monoisotopic (exact) mass is 768 g/mol.